The summed E-state index contributed by atoms with van der Waals surface area (Å²) < 4.78 is 29.4. The molecule has 0 N–H and O–H groups in total. The van der Waals surface area contributed by atoms with E-state index in [1.54, 1.807) is 51.6 Å². The average molecular weight is 417 g/mol. The van der Waals surface area contributed by atoms with Crippen molar-refractivity contribution in [3.8, 4) is 23.0 Å². The second-order valence-electron chi connectivity index (χ2n) is 6.14. The van der Waals surface area contributed by atoms with Crippen LogP contribution in [0.2, 0.25) is 0 Å². The van der Waals surface area contributed by atoms with E-state index in [1.807, 2.05) is 0 Å². The maximum Gasteiger partial charge on any atom is 0.277 e. The molecule has 0 atom stereocenters. The lowest BCUT2D eigenvalue weighted by Crippen LogP contribution is -2.27. The van der Waals surface area contributed by atoms with Gasteiger partial charge in [-0.25, -0.2) is 4.39 Å². The highest BCUT2D eigenvalue weighted by atomic mass is 32.2. The maximum atomic E-state index is 13.3. The van der Waals surface area contributed by atoms with E-state index in [0.29, 0.717) is 29.5 Å². The molecule has 0 aliphatic carbocycles. The van der Waals surface area contributed by atoms with Gasteiger partial charge in [0.1, 0.15) is 17.3 Å². The van der Waals surface area contributed by atoms with Crippen LogP contribution in [0.15, 0.2) is 52.1 Å². The molecule has 3 aromatic rings. The quantitative estimate of drug-likeness (QED) is 0.518. The first-order chi connectivity index (χ1) is 14.0. The predicted molar refractivity (Wildman–Crippen MR) is 106 cm³/mol. The number of ether oxygens (including phenoxy) is 2. The Kier molecular flexibility index (Phi) is 6.71. The van der Waals surface area contributed by atoms with Gasteiger partial charge in [-0.2, -0.15) is 0 Å². The zero-order valence-corrected chi connectivity index (χ0v) is 17.0. The predicted octanol–water partition coefficient (Wildman–Crippen LogP) is 3.64. The Bertz CT molecular complexity index is 973. The van der Waals surface area contributed by atoms with E-state index in [0.717, 1.165) is 17.3 Å². The van der Waals surface area contributed by atoms with Crippen molar-refractivity contribution < 1.29 is 23.1 Å². The smallest absolute Gasteiger partial charge is 0.277 e. The van der Waals surface area contributed by atoms with Gasteiger partial charge in [0.2, 0.25) is 11.8 Å². The Hall–Kier alpha value is -3.07. The Morgan fingerprint density at radius 2 is 1.86 bits per heavy atom. The molecule has 0 unspecified atom stereocenters. The Morgan fingerprint density at radius 1 is 1.14 bits per heavy atom. The van der Waals surface area contributed by atoms with Crippen LogP contribution >= 0.6 is 11.8 Å². The average Bonchev–Trinajstić information content (AvgIpc) is 3.20. The molecule has 0 aliphatic heterocycles. The molecule has 1 aromatic heterocycles. The third-order valence-electron chi connectivity index (χ3n) is 4.06. The second-order valence-corrected chi connectivity index (χ2v) is 7.07. The molecule has 2 aromatic carbocycles. The van der Waals surface area contributed by atoms with Crippen LogP contribution in [0.3, 0.4) is 0 Å². The number of nitrogens with zero attached hydrogens (tertiary/aromatic N) is 3. The molecule has 1 heterocycles. The Morgan fingerprint density at radius 3 is 2.52 bits per heavy atom. The number of carbonyl (C=O) groups is 1. The fourth-order valence-corrected chi connectivity index (χ4v) is 3.25. The summed E-state index contributed by atoms with van der Waals surface area (Å²) in [6.45, 7) is 0.315. The summed E-state index contributed by atoms with van der Waals surface area (Å²) in [5.74, 6) is 1.15. The lowest BCUT2D eigenvalue weighted by Gasteiger charge is -2.16. The zero-order chi connectivity index (χ0) is 20.8. The van der Waals surface area contributed by atoms with Crippen molar-refractivity contribution in [2.24, 2.45) is 0 Å². The minimum absolute atomic E-state index is 0.120. The molecule has 1 amide bonds. The van der Waals surface area contributed by atoms with Gasteiger partial charge in [-0.05, 0) is 29.8 Å². The van der Waals surface area contributed by atoms with Gasteiger partial charge in [-0.1, -0.05) is 23.9 Å². The van der Waals surface area contributed by atoms with E-state index in [-0.39, 0.29) is 22.7 Å². The molecule has 7 nitrogen and oxygen atoms in total. The van der Waals surface area contributed by atoms with Gasteiger partial charge in [-0.15, -0.1) is 10.2 Å². The minimum Gasteiger partial charge on any atom is -0.497 e. The third kappa shape index (κ3) is 5.47. The van der Waals surface area contributed by atoms with Crippen molar-refractivity contribution in [1.82, 2.24) is 15.1 Å². The second kappa shape index (κ2) is 9.42. The molecule has 0 saturated carbocycles. The normalized spacial score (nSPS) is 10.6. The number of amides is 1. The molecule has 3 rings (SSSR count). The van der Waals surface area contributed by atoms with Crippen LogP contribution in [0.25, 0.3) is 11.5 Å². The van der Waals surface area contributed by atoms with E-state index in [9.17, 15) is 9.18 Å². The third-order valence-corrected chi connectivity index (χ3v) is 4.86. The molecule has 0 aliphatic rings. The van der Waals surface area contributed by atoms with E-state index in [2.05, 4.69) is 10.2 Å². The molecule has 9 heteroatoms. The topological polar surface area (TPSA) is 77.7 Å². The molecule has 152 valence electrons. The van der Waals surface area contributed by atoms with E-state index < -0.39 is 0 Å². The van der Waals surface area contributed by atoms with Crippen LogP contribution in [0.1, 0.15) is 5.56 Å². The summed E-state index contributed by atoms with van der Waals surface area (Å²) in [4.78, 5) is 13.9. The van der Waals surface area contributed by atoms with Gasteiger partial charge >= 0.3 is 0 Å². The van der Waals surface area contributed by atoms with Gasteiger partial charge in [0.25, 0.3) is 5.22 Å². The molecule has 29 heavy (non-hydrogen) atoms. The number of carbonyl (C=O) groups excluding carboxylic acids is 1. The highest BCUT2D eigenvalue weighted by Crippen LogP contribution is 2.30. The number of hydrogen-bond acceptors (Lipinski definition) is 7. The van der Waals surface area contributed by atoms with Crippen molar-refractivity contribution in [3.63, 3.8) is 0 Å². The highest BCUT2D eigenvalue weighted by Gasteiger charge is 2.15. The summed E-state index contributed by atoms with van der Waals surface area (Å²) in [7, 11) is 4.77. The van der Waals surface area contributed by atoms with Crippen LogP contribution < -0.4 is 9.47 Å². The van der Waals surface area contributed by atoms with Crippen molar-refractivity contribution in [2.45, 2.75) is 11.8 Å². The van der Waals surface area contributed by atoms with Gasteiger partial charge in [-0.3, -0.25) is 4.79 Å². The Labute approximate surface area is 171 Å². The fourth-order valence-electron chi connectivity index (χ4n) is 2.55. The molecule has 0 radical (unpaired) electrons. The lowest BCUT2D eigenvalue weighted by atomic mass is 10.2. The van der Waals surface area contributed by atoms with Gasteiger partial charge in [0, 0.05) is 25.2 Å². The van der Waals surface area contributed by atoms with E-state index in [1.165, 1.54) is 17.0 Å². The monoisotopic (exact) mass is 417 g/mol. The van der Waals surface area contributed by atoms with Crippen molar-refractivity contribution in [3.05, 3.63) is 53.8 Å². The van der Waals surface area contributed by atoms with Crippen molar-refractivity contribution in [1.29, 1.82) is 0 Å². The van der Waals surface area contributed by atoms with Crippen LogP contribution in [-0.2, 0) is 11.3 Å². The summed E-state index contributed by atoms with van der Waals surface area (Å²) in [5, 5.41) is 8.27. The van der Waals surface area contributed by atoms with Crippen molar-refractivity contribution >= 4 is 17.7 Å². The first kappa shape index (κ1) is 20.7. The molecular formula is C20H20FN3O4S. The molecule has 0 saturated heterocycles. The molecule has 0 spiro atoms. The fraction of sp³-hybridized carbons (Fsp3) is 0.250. The van der Waals surface area contributed by atoms with E-state index >= 15 is 0 Å². The number of thioether (sulfide) groups is 1. The van der Waals surface area contributed by atoms with Crippen LogP contribution in [0.5, 0.6) is 11.5 Å². The number of hydrogen-bond donors (Lipinski definition) is 0. The zero-order valence-electron chi connectivity index (χ0n) is 16.2. The van der Waals surface area contributed by atoms with Gasteiger partial charge < -0.3 is 18.8 Å². The Balaban J connectivity index is 1.61. The first-order valence-corrected chi connectivity index (χ1v) is 9.65. The standard InChI is InChI=1S/C20H20FN3O4S/c1-24(11-13-5-4-6-15(21)7-13)18(25)12-29-20-23-22-19(28-20)14-8-16(26-2)10-17(9-14)27-3/h4-10H,11-12H2,1-3H3. The maximum absolute atomic E-state index is 13.3. The summed E-state index contributed by atoms with van der Waals surface area (Å²) >= 11 is 1.14. The SMILES string of the molecule is COc1cc(OC)cc(-c2nnc(SCC(=O)N(C)Cc3cccc(F)c3)o2)c1. The summed E-state index contributed by atoms with van der Waals surface area (Å²) in [6.07, 6.45) is 0. The minimum atomic E-state index is -0.328. The number of rotatable bonds is 8. The van der Waals surface area contributed by atoms with Crippen LogP contribution in [0, 0.1) is 5.82 Å². The summed E-state index contributed by atoms with van der Waals surface area (Å²) in [6, 6.07) is 11.4. The van der Waals surface area contributed by atoms with Gasteiger partial charge in [0.05, 0.1) is 20.0 Å². The molecule has 0 fully saturated rings. The number of halogens is 1. The van der Waals surface area contributed by atoms with Gasteiger partial charge in [0.15, 0.2) is 0 Å². The lowest BCUT2D eigenvalue weighted by molar-refractivity contribution is -0.127. The number of benzene rings is 2. The number of methoxy groups -OCH3 is 2. The van der Waals surface area contributed by atoms with Crippen molar-refractivity contribution in [2.75, 3.05) is 27.0 Å². The molecule has 0 bridgehead atoms. The highest BCUT2D eigenvalue weighted by molar-refractivity contribution is 7.99. The summed E-state index contributed by atoms with van der Waals surface area (Å²) in [5.41, 5.74) is 1.37. The van der Waals surface area contributed by atoms with Crippen LogP contribution in [0.4, 0.5) is 4.39 Å². The van der Waals surface area contributed by atoms with E-state index in [4.69, 9.17) is 13.9 Å². The van der Waals surface area contributed by atoms with Crippen LogP contribution in [-0.4, -0.2) is 48.0 Å². The largest absolute Gasteiger partial charge is 0.497 e. The number of aromatic nitrogens is 2. The first-order valence-electron chi connectivity index (χ1n) is 8.66. The molecular weight excluding hydrogens is 397 g/mol.